The quantitative estimate of drug-likeness (QED) is 0.465. The molecule has 3 aromatic rings. The van der Waals surface area contributed by atoms with E-state index in [0.717, 1.165) is 17.0 Å². The van der Waals surface area contributed by atoms with E-state index in [0.29, 0.717) is 22.8 Å². The van der Waals surface area contributed by atoms with Crippen molar-refractivity contribution in [3.63, 3.8) is 0 Å². The summed E-state index contributed by atoms with van der Waals surface area (Å²) in [4.78, 5) is 12.0. The van der Waals surface area contributed by atoms with Crippen LogP contribution in [0.3, 0.4) is 0 Å². The number of carboxylic acids is 1. The Morgan fingerprint density at radius 2 is 1.73 bits per heavy atom. The largest absolute Gasteiger partial charge is 0.486 e. The van der Waals surface area contributed by atoms with E-state index >= 15 is 0 Å². The number of carbonyl (C=O) groups is 1. The summed E-state index contributed by atoms with van der Waals surface area (Å²) >= 11 is 1.23. The molecule has 1 heterocycles. The first-order chi connectivity index (χ1) is 14.0. The van der Waals surface area contributed by atoms with Crippen LogP contribution in [0.1, 0.15) is 25.2 Å². The van der Waals surface area contributed by atoms with E-state index < -0.39 is 22.5 Å². The SMILES string of the molecule is CC(C)(Sc1ccc(OCc2cc(-c3ccc(C(F)(F)F)cc3)no2)cc1)C(=O)O. The average Bonchev–Trinajstić information content (AvgIpc) is 3.15. The summed E-state index contributed by atoms with van der Waals surface area (Å²) in [7, 11) is 0. The van der Waals surface area contributed by atoms with Gasteiger partial charge in [-0.15, -0.1) is 11.8 Å². The Labute approximate surface area is 174 Å². The predicted octanol–water partition coefficient (Wildman–Crippen LogP) is 5.89. The van der Waals surface area contributed by atoms with Crippen LogP contribution < -0.4 is 4.74 Å². The molecule has 0 saturated carbocycles. The number of aromatic nitrogens is 1. The molecule has 0 aliphatic heterocycles. The molecular formula is C21H18F3NO4S. The molecule has 30 heavy (non-hydrogen) atoms. The smallest absolute Gasteiger partial charge is 0.416 e. The van der Waals surface area contributed by atoms with Crippen LogP contribution in [0, 0.1) is 0 Å². The molecule has 2 aromatic carbocycles. The van der Waals surface area contributed by atoms with E-state index in [4.69, 9.17) is 9.26 Å². The lowest BCUT2D eigenvalue weighted by atomic mass is 10.1. The lowest BCUT2D eigenvalue weighted by Gasteiger charge is -2.18. The number of alkyl halides is 3. The summed E-state index contributed by atoms with van der Waals surface area (Å²) in [5.74, 6) is 0.0670. The maximum atomic E-state index is 12.7. The van der Waals surface area contributed by atoms with Gasteiger partial charge in [-0.3, -0.25) is 4.79 Å². The average molecular weight is 437 g/mol. The van der Waals surface area contributed by atoms with Crippen molar-refractivity contribution >= 4 is 17.7 Å². The van der Waals surface area contributed by atoms with E-state index in [1.165, 1.54) is 23.9 Å². The minimum absolute atomic E-state index is 0.0841. The van der Waals surface area contributed by atoms with Crippen molar-refractivity contribution in [1.29, 1.82) is 0 Å². The fourth-order valence-corrected chi connectivity index (χ4v) is 3.39. The fourth-order valence-electron chi connectivity index (χ4n) is 2.44. The normalized spacial score (nSPS) is 12.0. The second-order valence-electron chi connectivity index (χ2n) is 6.93. The van der Waals surface area contributed by atoms with Crippen LogP contribution >= 0.6 is 11.8 Å². The Balaban J connectivity index is 1.60. The highest BCUT2D eigenvalue weighted by Gasteiger charge is 2.30. The first kappa shape index (κ1) is 21.8. The number of halogens is 3. The number of nitrogens with zero attached hydrogens (tertiary/aromatic N) is 1. The Kier molecular flexibility index (Phi) is 6.12. The fraction of sp³-hybridized carbons (Fsp3) is 0.238. The van der Waals surface area contributed by atoms with Crippen LogP contribution in [-0.4, -0.2) is 21.0 Å². The first-order valence-corrected chi connectivity index (χ1v) is 9.65. The van der Waals surface area contributed by atoms with Crippen molar-refractivity contribution in [2.24, 2.45) is 0 Å². The molecule has 0 saturated heterocycles. The molecule has 0 radical (unpaired) electrons. The number of hydrogen-bond acceptors (Lipinski definition) is 5. The maximum absolute atomic E-state index is 12.7. The molecule has 5 nitrogen and oxygen atoms in total. The Morgan fingerprint density at radius 1 is 1.10 bits per heavy atom. The summed E-state index contributed by atoms with van der Waals surface area (Å²) in [6, 6.07) is 13.2. The second kappa shape index (κ2) is 8.43. The third kappa shape index (κ3) is 5.35. The highest BCUT2D eigenvalue weighted by atomic mass is 32.2. The highest BCUT2D eigenvalue weighted by molar-refractivity contribution is 8.01. The molecule has 0 bridgehead atoms. The van der Waals surface area contributed by atoms with Crippen molar-refractivity contribution in [3.8, 4) is 17.0 Å². The van der Waals surface area contributed by atoms with E-state index in [-0.39, 0.29) is 6.61 Å². The second-order valence-corrected chi connectivity index (χ2v) is 8.63. The van der Waals surface area contributed by atoms with Crippen molar-refractivity contribution in [3.05, 3.63) is 65.9 Å². The van der Waals surface area contributed by atoms with Gasteiger partial charge in [-0.1, -0.05) is 17.3 Å². The van der Waals surface area contributed by atoms with Crippen LogP contribution in [0.25, 0.3) is 11.3 Å². The molecular weight excluding hydrogens is 419 g/mol. The van der Waals surface area contributed by atoms with Crippen LogP contribution in [0.15, 0.2) is 64.0 Å². The third-order valence-electron chi connectivity index (χ3n) is 4.16. The minimum atomic E-state index is -4.39. The van der Waals surface area contributed by atoms with Crippen LogP contribution in [0.5, 0.6) is 5.75 Å². The minimum Gasteiger partial charge on any atom is -0.486 e. The monoisotopic (exact) mass is 437 g/mol. The van der Waals surface area contributed by atoms with Gasteiger partial charge in [-0.2, -0.15) is 13.2 Å². The van der Waals surface area contributed by atoms with Gasteiger partial charge in [0.25, 0.3) is 0 Å². The molecule has 0 unspecified atom stereocenters. The van der Waals surface area contributed by atoms with Gasteiger partial charge in [0.05, 0.1) is 5.56 Å². The topological polar surface area (TPSA) is 72.6 Å². The van der Waals surface area contributed by atoms with E-state index in [2.05, 4.69) is 5.16 Å². The lowest BCUT2D eigenvalue weighted by molar-refractivity contribution is -0.139. The van der Waals surface area contributed by atoms with Crippen molar-refractivity contribution in [1.82, 2.24) is 5.16 Å². The van der Waals surface area contributed by atoms with Crippen molar-refractivity contribution < 1.29 is 32.3 Å². The van der Waals surface area contributed by atoms with E-state index in [9.17, 15) is 23.1 Å². The van der Waals surface area contributed by atoms with Gasteiger partial charge in [0.15, 0.2) is 5.76 Å². The molecule has 1 aromatic heterocycles. The van der Waals surface area contributed by atoms with E-state index in [1.54, 1.807) is 44.2 Å². The van der Waals surface area contributed by atoms with Crippen LogP contribution in [0.2, 0.25) is 0 Å². The molecule has 0 aliphatic rings. The van der Waals surface area contributed by atoms with Gasteiger partial charge in [-0.05, 0) is 50.2 Å². The van der Waals surface area contributed by atoms with E-state index in [1.807, 2.05) is 0 Å². The number of ether oxygens (including phenoxy) is 1. The number of carboxylic acid groups (broad SMARTS) is 1. The zero-order valence-corrected chi connectivity index (χ0v) is 16.9. The van der Waals surface area contributed by atoms with Gasteiger partial charge in [0.2, 0.25) is 0 Å². The standard InChI is InChI=1S/C21H18F3NO4S/c1-20(2,19(26)27)30-17-9-7-15(8-10-17)28-12-16-11-18(25-29-16)13-3-5-14(6-4-13)21(22,23)24/h3-11H,12H2,1-2H3,(H,26,27). The number of thioether (sulfide) groups is 1. The maximum Gasteiger partial charge on any atom is 0.416 e. The van der Waals surface area contributed by atoms with Gasteiger partial charge >= 0.3 is 12.1 Å². The van der Waals surface area contributed by atoms with Gasteiger partial charge in [-0.25, -0.2) is 0 Å². The lowest BCUT2D eigenvalue weighted by Crippen LogP contribution is -2.26. The molecule has 0 atom stereocenters. The van der Waals surface area contributed by atoms with Gasteiger partial charge < -0.3 is 14.4 Å². The Hall–Kier alpha value is -2.94. The number of rotatable bonds is 7. The molecule has 1 N–H and O–H groups in total. The summed E-state index contributed by atoms with van der Waals surface area (Å²) in [5, 5.41) is 13.1. The summed E-state index contributed by atoms with van der Waals surface area (Å²) in [5.41, 5.74) is 0.178. The Bertz CT molecular complexity index is 1010. The molecule has 0 spiro atoms. The molecule has 9 heteroatoms. The van der Waals surface area contributed by atoms with Gasteiger partial charge in [0, 0.05) is 16.5 Å². The number of hydrogen-bond donors (Lipinski definition) is 1. The highest BCUT2D eigenvalue weighted by Crippen LogP contribution is 2.34. The summed E-state index contributed by atoms with van der Waals surface area (Å²) in [6.07, 6.45) is -4.39. The number of aliphatic carboxylic acids is 1. The molecule has 0 aliphatic carbocycles. The first-order valence-electron chi connectivity index (χ1n) is 8.83. The predicted molar refractivity (Wildman–Crippen MR) is 105 cm³/mol. The van der Waals surface area contributed by atoms with Crippen LogP contribution in [0.4, 0.5) is 13.2 Å². The molecule has 3 rings (SSSR count). The molecule has 0 fully saturated rings. The zero-order valence-electron chi connectivity index (χ0n) is 16.1. The van der Waals surface area contributed by atoms with Crippen molar-refractivity contribution in [2.45, 2.75) is 36.3 Å². The summed E-state index contributed by atoms with van der Waals surface area (Å²) in [6.45, 7) is 3.34. The van der Waals surface area contributed by atoms with Crippen LogP contribution in [-0.2, 0) is 17.6 Å². The Morgan fingerprint density at radius 3 is 2.30 bits per heavy atom. The number of benzene rings is 2. The third-order valence-corrected chi connectivity index (χ3v) is 5.35. The summed E-state index contributed by atoms with van der Waals surface area (Å²) < 4.78 is 47.8. The zero-order chi connectivity index (χ0) is 21.9. The molecule has 158 valence electrons. The van der Waals surface area contributed by atoms with Gasteiger partial charge in [0.1, 0.15) is 22.8 Å². The molecule has 0 amide bonds. The van der Waals surface area contributed by atoms with Crippen molar-refractivity contribution in [2.75, 3.05) is 0 Å².